The molecular weight excluding hydrogens is 326 g/mol. The summed E-state index contributed by atoms with van der Waals surface area (Å²) in [6.07, 6.45) is 6.61. The lowest BCUT2D eigenvalue weighted by molar-refractivity contribution is 0.106. The van der Waals surface area contributed by atoms with Crippen molar-refractivity contribution in [2.75, 3.05) is 7.05 Å². The van der Waals surface area contributed by atoms with Crippen LogP contribution >= 0.6 is 0 Å². The fourth-order valence-corrected chi connectivity index (χ4v) is 4.89. The molecule has 0 N–H and O–H groups in total. The van der Waals surface area contributed by atoms with Gasteiger partial charge >= 0.3 is 0 Å². The molecule has 0 bridgehead atoms. The molecule has 1 saturated carbocycles. The van der Waals surface area contributed by atoms with Crippen LogP contribution in [0.5, 0.6) is 0 Å². The zero-order chi connectivity index (χ0) is 18.5. The predicted molar refractivity (Wildman–Crippen MR) is 114 cm³/mol. The molecule has 0 saturated heterocycles. The predicted octanol–water partition coefficient (Wildman–Crippen LogP) is 6.24. The highest BCUT2D eigenvalue weighted by molar-refractivity contribution is 5.49. The van der Waals surface area contributed by atoms with E-state index in [9.17, 15) is 0 Å². The number of hydrogen-bond acceptors (Lipinski definition) is 1. The monoisotopic (exact) mass is 355 g/mol. The standard InChI is InChI=1S/C26H29N/c1-27(25-20-12-5-13-21-25)26(22-14-6-2-7-15-22,23-16-8-3-9-17-23)24-18-10-4-11-19-24/h2-4,6-11,14-19,25H,5,12-13,20-21H2,1H3. The molecule has 1 heteroatoms. The second-order valence-electron chi connectivity index (χ2n) is 7.71. The molecule has 27 heavy (non-hydrogen) atoms. The summed E-state index contributed by atoms with van der Waals surface area (Å²) in [5.41, 5.74) is 3.76. The molecule has 0 atom stereocenters. The van der Waals surface area contributed by atoms with Gasteiger partial charge < -0.3 is 0 Å². The molecule has 1 fully saturated rings. The minimum absolute atomic E-state index is 0.272. The Morgan fingerprint density at radius 3 is 1.33 bits per heavy atom. The Hall–Kier alpha value is -2.38. The highest BCUT2D eigenvalue weighted by Gasteiger charge is 2.43. The van der Waals surface area contributed by atoms with Gasteiger partial charge in [0.05, 0.1) is 5.54 Å². The van der Waals surface area contributed by atoms with Crippen LogP contribution in [0.2, 0.25) is 0 Å². The molecule has 0 radical (unpaired) electrons. The Balaban J connectivity index is 1.97. The van der Waals surface area contributed by atoms with Gasteiger partial charge in [-0.2, -0.15) is 0 Å². The Morgan fingerprint density at radius 2 is 0.963 bits per heavy atom. The van der Waals surface area contributed by atoms with E-state index in [4.69, 9.17) is 0 Å². The lowest BCUT2D eigenvalue weighted by Crippen LogP contribution is -2.51. The molecule has 3 aromatic carbocycles. The summed E-state index contributed by atoms with van der Waals surface area (Å²) in [6.45, 7) is 0. The summed E-state index contributed by atoms with van der Waals surface area (Å²) in [5, 5.41) is 0. The van der Waals surface area contributed by atoms with Gasteiger partial charge in [-0.05, 0) is 36.6 Å². The van der Waals surface area contributed by atoms with Gasteiger partial charge in [-0.1, -0.05) is 110 Å². The molecule has 138 valence electrons. The summed E-state index contributed by atoms with van der Waals surface area (Å²) < 4.78 is 0. The highest BCUT2D eigenvalue weighted by Crippen LogP contribution is 2.44. The minimum atomic E-state index is -0.272. The van der Waals surface area contributed by atoms with Gasteiger partial charge in [-0.25, -0.2) is 0 Å². The van der Waals surface area contributed by atoms with Gasteiger partial charge in [0.2, 0.25) is 0 Å². The van der Waals surface area contributed by atoms with E-state index in [1.807, 2.05) is 0 Å². The third-order valence-corrected chi connectivity index (χ3v) is 6.23. The van der Waals surface area contributed by atoms with Crippen molar-refractivity contribution in [2.24, 2.45) is 0 Å². The third-order valence-electron chi connectivity index (χ3n) is 6.23. The molecule has 0 spiro atoms. The van der Waals surface area contributed by atoms with Crippen molar-refractivity contribution in [3.63, 3.8) is 0 Å². The van der Waals surface area contributed by atoms with Crippen LogP contribution in [0.15, 0.2) is 91.0 Å². The first-order valence-corrected chi connectivity index (χ1v) is 10.2. The Kier molecular flexibility index (Phi) is 5.40. The maximum atomic E-state index is 2.66. The summed E-state index contributed by atoms with van der Waals surface area (Å²) in [7, 11) is 2.34. The van der Waals surface area contributed by atoms with Crippen LogP contribution in [0, 0.1) is 0 Å². The number of rotatable bonds is 5. The molecule has 0 heterocycles. The summed E-state index contributed by atoms with van der Waals surface area (Å²) >= 11 is 0. The molecule has 0 aromatic heterocycles. The van der Waals surface area contributed by atoms with Crippen molar-refractivity contribution in [1.29, 1.82) is 0 Å². The van der Waals surface area contributed by atoms with Crippen LogP contribution in [-0.4, -0.2) is 18.0 Å². The fourth-order valence-electron chi connectivity index (χ4n) is 4.89. The third kappa shape index (κ3) is 3.33. The van der Waals surface area contributed by atoms with E-state index in [0.29, 0.717) is 6.04 Å². The van der Waals surface area contributed by atoms with Gasteiger partial charge in [0.25, 0.3) is 0 Å². The van der Waals surface area contributed by atoms with Gasteiger partial charge in [-0.15, -0.1) is 0 Å². The van der Waals surface area contributed by atoms with Crippen LogP contribution < -0.4 is 0 Å². The summed E-state index contributed by atoms with van der Waals surface area (Å²) in [4.78, 5) is 2.66. The van der Waals surface area contributed by atoms with E-state index in [0.717, 1.165) is 0 Å². The topological polar surface area (TPSA) is 3.24 Å². The van der Waals surface area contributed by atoms with Crippen molar-refractivity contribution in [2.45, 2.75) is 43.7 Å². The maximum Gasteiger partial charge on any atom is 0.0972 e. The average Bonchev–Trinajstić information content (AvgIpc) is 2.77. The maximum absolute atomic E-state index is 2.66. The molecule has 4 rings (SSSR count). The molecule has 1 aliphatic rings. The molecular formula is C26H29N. The molecule has 3 aromatic rings. The largest absolute Gasteiger partial charge is 0.286 e. The van der Waals surface area contributed by atoms with E-state index in [1.54, 1.807) is 0 Å². The number of nitrogens with zero attached hydrogens (tertiary/aromatic N) is 1. The molecule has 1 aliphatic carbocycles. The van der Waals surface area contributed by atoms with Gasteiger partial charge in [0.15, 0.2) is 0 Å². The first-order chi connectivity index (χ1) is 13.3. The first kappa shape index (κ1) is 18.0. The Morgan fingerprint density at radius 1 is 0.593 bits per heavy atom. The van der Waals surface area contributed by atoms with Gasteiger partial charge in [0, 0.05) is 6.04 Å². The van der Waals surface area contributed by atoms with Gasteiger partial charge in [-0.3, -0.25) is 4.90 Å². The van der Waals surface area contributed by atoms with Crippen LogP contribution in [0.3, 0.4) is 0 Å². The van der Waals surface area contributed by atoms with Crippen molar-refractivity contribution in [1.82, 2.24) is 4.90 Å². The normalized spacial score (nSPS) is 15.8. The van der Waals surface area contributed by atoms with E-state index in [-0.39, 0.29) is 5.54 Å². The lowest BCUT2D eigenvalue weighted by Gasteiger charge is -2.48. The first-order valence-electron chi connectivity index (χ1n) is 10.2. The highest BCUT2D eigenvalue weighted by atomic mass is 15.2. The van der Waals surface area contributed by atoms with Crippen molar-refractivity contribution in [3.05, 3.63) is 108 Å². The molecule has 1 nitrogen and oxygen atoms in total. The van der Waals surface area contributed by atoms with E-state index < -0.39 is 0 Å². The number of benzene rings is 3. The second-order valence-corrected chi connectivity index (χ2v) is 7.71. The van der Waals surface area contributed by atoms with Crippen LogP contribution in [0.1, 0.15) is 48.8 Å². The van der Waals surface area contributed by atoms with Crippen molar-refractivity contribution in [3.8, 4) is 0 Å². The lowest BCUT2D eigenvalue weighted by atomic mass is 9.74. The van der Waals surface area contributed by atoms with Crippen LogP contribution in [-0.2, 0) is 5.54 Å². The Labute approximate surface area is 163 Å². The van der Waals surface area contributed by atoms with E-state index in [1.165, 1.54) is 48.8 Å². The minimum Gasteiger partial charge on any atom is -0.286 e. The van der Waals surface area contributed by atoms with Crippen LogP contribution in [0.25, 0.3) is 0 Å². The second kappa shape index (κ2) is 8.10. The van der Waals surface area contributed by atoms with Crippen molar-refractivity contribution >= 4 is 0 Å². The van der Waals surface area contributed by atoms with Gasteiger partial charge in [0.1, 0.15) is 0 Å². The smallest absolute Gasteiger partial charge is 0.0972 e. The quantitative estimate of drug-likeness (QED) is 0.489. The zero-order valence-electron chi connectivity index (χ0n) is 16.2. The summed E-state index contributed by atoms with van der Waals surface area (Å²) in [6, 6.07) is 33.7. The van der Waals surface area contributed by atoms with E-state index in [2.05, 4.69) is 103 Å². The molecule has 0 aliphatic heterocycles. The molecule has 0 amide bonds. The van der Waals surface area contributed by atoms with E-state index >= 15 is 0 Å². The van der Waals surface area contributed by atoms with Crippen LogP contribution in [0.4, 0.5) is 0 Å². The fraction of sp³-hybridized carbons (Fsp3) is 0.308. The average molecular weight is 356 g/mol. The van der Waals surface area contributed by atoms with Crippen molar-refractivity contribution < 1.29 is 0 Å². The SMILES string of the molecule is CN(C1CCCCC1)C(c1ccccc1)(c1ccccc1)c1ccccc1. The summed E-state index contributed by atoms with van der Waals surface area (Å²) in [5.74, 6) is 0. The number of hydrogen-bond donors (Lipinski definition) is 0. The molecule has 0 unspecified atom stereocenters. The zero-order valence-corrected chi connectivity index (χ0v) is 16.2. The Bertz CT molecular complexity index is 723.